The number of aromatic nitrogens is 4. The van der Waals surface area contributed by atoms with Gasteiger partial charge in [-0.25, -0.2) is 23.1 Å². The van der Waals surface area contributed by atoms with Crippen LogP contribution in [0.15, 0.2) is 4.21 Å². The molecular formula is C11H16N6O2S2. The maximum atomic E-state index is 12.3. The van der Waals surface area contributed by atoms with Gasteiger partial charge in [0.25, 0.3) is 16.0 Å². The molecule has 114 valence electrons. The van der Waals surface area contributed by atoms with Crippen LogP contribution in [-0.2, 0) is 22.9 Å². The first-order valence-corrected chi connectivity index (χ1v) is 8.65. The van der Waals surface area contributed by atoms with E-state index in [-0.39, 0.29) is 15.3 Å². The molecule has 0 radical (unpaired) electrons. The molecule has 0 aliphatic carbocycles. The highest BCUT2D eigenvalue weighted by molar-refractivity contribution is 7.94. The second-order valence-corrected chi connectivity index (χ2v) is 7.17. The molecule has 2 aromatic rings. The van der Waals surface area contributed by atoms with E-state index >= 15 is 0 Å². The molecule has 0 unspecified atom stereocenters. The van der Waals surface area contributed by atoms with E-state index < -0.39 is 10.0 Å². The van der Waals surface area contributed by atoms with E-state index in [2.05, 4.69) is 24.9 Å². The Morgan fingerprint density at radius 3 is 2.33 bits per heavy atom. The summed E-state index contributed by atoms with van der Waals surface area (Å²) in [5, 5.41) is 8.00. The van der Waals surface area contributed by atoms with Crippen LogP contribution in [-0.4, -0.2) is 28.6 Å². The summed E-state index contributed by atoms with van der Waals surface area (Å²) in [6.45, 7) is 5.45. The van der Waals surface area contributed by atoms with Gasteiger partial charge in [0.05, 0.1) is 17.1 Å². The molecule has 0 bridgehead atoms. The highest BCUT2D eigenvalue weighted by atomic mass is 32.2. The zero-order chi connectivity index (χ0) is 15.6. The third kappa shape index (κ3) is 3.27. The number of nitrogens with two attached hydrogens (primary N) is 1. The average molecular weight is 328 g/mol. The Morgan fingerprint density at radius 1 is 1.14 bits per heavy atom. The summed E-state index contributed by atoms with van der Waals surface area (Å²) in [7, 11) is -3.81. The number of nitrogen functional groups attached to an aromatic ring is 1. The van der Waals surface area contributed by atoms with Crippen LogP contribution in [0.5, 0.6) is 0 Å². The third-order valence-electron chi connectivity index (χ3n) is 2.75. The first-order chi connectivity index (χ1) is 9.87. The van der Waals surface area contributed by atoms with Crippen LogP contribution in [0.2, 0.25) is 0 Å². The quantitative estimate of drug-likeness (QED) is 0.843. The van der Waals surface area contributed by atoms with Gasteiger partial charge in [-0.2, -0.15) is 0 Å². The zero-order valence-electron chi connectivity index (χ0n) is 11.9. The number of nitrogens with one attached hydrogen (secondary N) is 1. The van der Waals surface area contributed by atoms with Crippen molar-refractivity contribution in [3.05, 3.63) is 17.1 Å². The third-order valence-corrected chi connectivity index (χ3v) is 5.67. The van der Waals surface area contributed by atoms with Gasteiger partial charge in [-0.05, 0) is 19.8 Å². The molecule has 0 aliphatic heterocycles. The van der Waals surface area contributed by atoms with Crippen molar-refractivity contribution < 1.29 is 8.42 Å². The van der Waals surface area contributed by atoms with Crippen molar-refractivity contribution in [1.82, 2.24) is 20.2 Å². The number of anilines is 2. The number of rotatable bonds is 5. The largest absolute Gasteiger partial charge is 0.375 e. The fourth-order valence-electron chi connectivity index (χ4n) is 1.80. The smallest absolute Gasteiger partial charge is 0.275 e. The monoisotopic (exact) mass is 328 g/mol. The highest BCUT2D eigenvalue weighted by Crippen LogP contribution is 2.26. The maximum absolute atomic E-state index is 12.3. The van der Waals surface area contributed by atoms with Gasteiger partial charge in [0.1, 0.15) is 0 Å². The molecule has 21 heavy (non-hydrogen) atoms. The fraction of sp³-hybridized carbons (Fsp3) is 0.455. The minimum Gasteiger partial charge on any atom is -0.375 e. The first kappa shape index (κ1) is 15.6. The van der Waals surface area contributed by atoms with Gasteiger partial charge in [0.15, 0.2) is 9.34 Å². The molecule has 2 heterocycles. The first-order valence-electron chi connectivity index (χ1n) is 6.35. The topological polar surface area (TPSA) is 124 Å². The molecule has 10 heteroatoms. The van der Waals surface area contributed by atoms with Crippen molar-refractivity contribution in [2.75, 3.05) is 10.5 Å². The van der Waals surface area contributed by atoms with E-state index in [1.54, 1.807) is 6.92 Å². The number of nitrogens with zero attached hydrogens (tertiary/aromatic N) is 4. The van der Waals surface area contributed by atoms with Gasteiger partial charge in [-0.1, -0.05) is 25.2 Å². The predicted octanol–water partition coefficient (Wildman–Crippen LogP) is 1.14. The molecule has 0 aromatic carbocycles. The fourth-order valence-corrected chi connectivity index (χ4v) is 4.04. The van der Waals surface area contributed by atoms with Gasteiger partial charge < -0.3 is 5.73 Å². The molecule has 0 spiro atoms. The lowest BCUT2D eigenvalue weighted by Gasteiger charge is -2.07. The summed E-state index contributed by atoms with van der Waals surface area (Å²) >= 11 is 0.898. The Kier molecular flexibility index (Phi) is 4.37. The molecule has 3 N–H and O–H groups in total. The van der Waals surface area contributed by atoms with Gasteiger partial charge in [0.2, 0.25) is 0 Å². The summed E-state index contributed by atoms with van der Waals surface area (Å²) in [6.07, 6.45) is 1.35. The Balaban J connectivity index is 2.35. The van der Waals surface area contributed by atoms with E-state index in [0.717, 1.165) is 22.7 Å². The van der Waals surface area contributed by atoms with Crippen molar-refractivity contribution in [1.29, 1.82) is 0 Å². The normalized spacial score (nSPS) is 11.6. The lowest BCUT2D eigenvalue weighted by Crippen LogP contribution is -2.17. The number of thiazole rings is 1. The lowest BCUT2D eigenvalue weighted by atomic mass is 10.2. The van der Waals surface area contributed by atoms with Gasteiger partial charge >= 0.3 is 0 Å². The van der Waals surface area contributed by atoms with Crippen molar-refractivity contribution in [2.45, 2.75) is 37.8 Å². The second kappa shape index (κ2) is 5.90. The Bertz CT molecular complexity index is 756. The zero-order valence-corrected chi connectivity index (χ0v) is 13.5. The van der Waals surface area contributed by atoms with Crippen molar-refractivity contribution >= 4 is 32.4 Å². The van der Waals surface area contributed by atoms with Crippen LogP contribution in [0, 0.1) is 6.92 Å². The van der Waals surface area contributed by atoms with Crippen molar-refractivity contribution in [3.63, 3.8) is 0 Å². The minimum absolute atomic E-state index is 0.0459. The van der Waals surface area contributed by atoms with E-state index in [9.17, 15) is 8.42 Å². The van der Waals surface area contributed by atoms with Gasteiger partial charge in [-0.15, -0.1) is 10.2 Å². The molecule has 0 atom stereocenters. The number of aryl methyl sites for hydroxylation is 3. The molecule has 2 rings (SSSR count). The Morgan fingerprint density at radius 2 is 1.81 bits per heavy atom. The molecule has 2 aromatic heterocycles. The molecular weight excluding hydrogens is 312 g/mol. The Hall–Kier alpha value is -1.81. The van der Waals surface area contributed by atoms with Crippen LogP contribution in [0.4, 0.5) is 11.1 Å². The van der Waals surface area contributed by atoms with Gasteiger partial charge in [0, 0.05) is 0 Å². The average Bonchev–Trinajstić information content (AvgIpc) is 2.78. The molecule has 0 fully saturated rings. The molecule has 0 saturated carbocycles. The van der Waals surface area contributed by atoms with Crippen LogP contribution < -0.4 is 10.5 Å². The van der Waals surface area contributed by atoms with Crippen LogP contribution in [0.25, 0.3) is 0 Å². The van der Waals surface area contributed by atoms with Crippen LogP contribution >= 0.6 is 11.3 Å². The van der Waals surface area contributed by atoms with Crippen molar-refractivity contribution in [2.24, 2.45) is 0 Å². The SMILES string of the molecule is CCc1nnc(NS(=O)(=O)c2sc(N)nc2C)nc1CC. The van der Waals surface area contributed by atoms with Gasteiger partial charge in [-0.3, -0.25) is 0 Å². The highest BCUT2D eigenvalue weighted by Gasteiger charge is 2.23. The summed E-state index contributed by atoms with van der Waals surface area (Å²) in [4.78, 5) is 8.10. The minimum atomic E-state index is -3.81. The summed E-state index contributed by atoms with van der Waals surface area (Å²) in [5.41, 5.74) is 7.36. The Labute approximate surface area is 126 Å². The van der Waals surface area contributed by atoms with E-state index in [1.165, 1.54) is 0 Å². The number of hydrogen-bond donors (Lipinski definition) is 2. The van der Waals surface area contributed by atoms with Crippen LogP contribution in [0.1, 0.15) is 30.9 Å². The van der Waals surface area contributed by atoms with Crippen molar-refractivity contribution in [3.8, 4) is 0 Å². The summed E-state index contributed by atoms with van der Waals surface area (Å²) < 4.78 is 26.9. The molecule has 8 nitrogen and oxygen atoms in total. The summed E-state index contributed by atoms with van der Waals surface area (Å²) in [6, 6.07) is 0. The molecule has 0 saturated heterocycles. The van der Waals surface area contributed by atoms with E-state index in [4.69, 9.17) is 5.73 Å². The molecule has 0 aliphatic rings. The van der Waals surface area contributed by atoms with Crippen LogP contribution in [0.3, 0.4) is 0 Å². The summed E-state index contributed by atoms with van der Waals surface area (Å²) in [5.74, 6) is -0.0459. The second-order valence-electron chi connectivity index (χ2n) is 4.27. The number of sulfonamides is 1. The number of hydrogen-bond acceptors (Lipinski definition) is 8. The van der Waals surface area contributed by atoms with E-state index in [0.29, 0.717) is 18.5 Å². The maximum Gasteiger partial charge on any atom is 0.275 e. The molecule has 0 amide bonds. The lowest BCUT2D eigenvalue weighted by molar-refractivity contribution is 0.601. The van der Waals surface area contributed by atoms with E-state index in [1.807, 2.05) is 13.8 Å². The predicted molar refractivity (Wildman–Crippen MR) is 80.7 cm³/mol. The standard InChI is InChI=1S/C11H16N6O2S2/c1-4-7-8(5-2)15-16-11(14-7)17-21(18,19)9-6(3)13-10(12)20-9/h4-5H2,1-3H3,(H2,12,13)(H,14,16,17).